The second-order valence-electron chi connectivity index (χ2n) is 7.18. The Morgan fingerprint density at radius 3 is 2.54 bits per heavy atom. The second-order valence-corrected chi connectivity index (χ2v) is 9.27. The van der Waals surface area contributed by atoms with Gasteiger partial charge < -0.3 is 14.8 Å². The number of sulfonamides is 1. The van der Waals surface area contributed by atoms with Crippen molar-refractivity contribution in [3.63, 3.8) is 0 Å². The molecule has 0 aliphatic rings. The molecule has 0 spiro atoms. The number of nitrogens with zero attached hydrogens (tertiary/aromatic N) is 2. The molecule has 0 fully saturated rings. The number of para-hydroxylation sites is 1. The Balaban J connectivity index is 1.61. The van der Waals surface area contributed by atoms with E-state index in [1.807, 2.05) is 0 Å². The van der Waals surface area contributed by atoms with Crippen molar-refractivity contribution in [3.8, 4) is 11.6 Å². The van der Waals surface area contributed by atoms with Crippen LogP contribution in [0.2, 0.25) is 0 Å². The Kier molecular flexibility index (Phi) is 8.92. The molecule has 3 N–H and O–H groups in total. The van der Waals surface area contributed by atoms with Gasteiger partial charge in [0.1, 0.15) is 17.9 Å². The van der Waals surface area contributed by atoms with E-state index in [-0.39, 0.29) is 21.7 Å². The van der Waals surface area contributed by atoms with Gasteiger partial charge in [-0.05, 0) is 55.0 Å². The number of hydrogen-bond donors (Lipinski definition) is 3. The average molecular weight is 516 g/mol. The Morgan fingerprint density at radius 1 is 1.09 bits per heavy atom. The van der Waals surface area contributed by atoms with Crippen LogP contribution in [-0.4, -0.2) is 43.1 Å². The normalized spacial score (nSPS) is 10.8. The number of thiocarbonyl (C=S) groups is 1. The third-order valence-corrected chi connectivity index (χ3v) is 6.20. The van der Waals surface area contributed by atoms with Crippen LogP contribution in [0.1, 0.15) is 30.1 Å². The topological polar surface area (TPSA) is 132 Å². The summed E-state index contributed by atoms with van der Waals surface area (Å²) in [6.45, 7) is 2.57. The molecule has 1 amide bonds. The van der Waals surface area contributed by atoms with Gasteiger partial charge in [0.2, 0.25) is 5.88 Å². The molecular weight excluding hydrogens is 490 g/mol. The van der Waals surface area contributed by atoms with Crippen molar-refractivity contribution in [1.82, 2.24) is 15.3 Å². The minimum Gasteiger partial charge on any atom is -0.493 e. The van der Waals surface area contributed by atoms with Crippen molar-refractivity contribution in [3.05, 3.63) is 66.5 Å². The van der Waals surface area contributed by atoms with Gasteiger partial charge in [0.25, 0.3) is 15.9 Å². The fraction of sp³-hybridized carbons (Fsp3) is 0.217. The number of unbranched alkanes of at least 4 members (excludes halogenated alkanes) is 1. The number of aromatic nitrogens is 2. The third kappa shape index (κ3) is 7.36. The minimum atomic E-state index is -3.89. The number of amides is 1. The monoisotopic (exact) mass is 515 g/mol. The molecule has 10 nitrogen and oxygen atoms in total. The van der Waals surface area contributed by atoms with Crippen molar-refractivity contribution in [2.24, 2.45) is 0 Å². The first-order valence-electron chi connectivity index (χ1n) is 10.7. The van der Waals surface area contributed by atoms with Crippen LogP contribution in [0.15, 0.2) is 65.8 Å². The van der Waals surface area contributed by atoms with Crippen LogP contribution < -0.4 is 24.8 Å². The molecule has 1 heterocycles. The smallest absolute Gasteiger partial charge is 0.263 e. The quantitative estimate of drug-likeness (QED) is 0.274. The first kappa shape index (κ1) is 25.8. The predicted molar refractivity (Wildman–Crippen MR) is 136 cm³/mol. The van der Waals surface area contributed by atoms with Crippen molar-refractivity contribution in [2.45, 2.75) is 24.7 Å². The first-order chi connectivity index (χ1) is 16.8. The van der Waals surface area contributed by atoms with Gasteiger partial charge in [-0.3, -0.25) is 14.8 Å². The summed E-state index contributed by atoms with van der Waals surface area (Å²) in [5.41, 5.74) is 0.854. The molecule has 35 heavy (non-hydrogen) atoms. The van der Waals surface area contributed by atoms with E-state index in [9.17, 15) is 13.2 Å². The minimum absolute atomic E-state index is 0.00809. The zero-order valence-electron chi connectivity index (χ0n) is 19.1. The maximum absolute atomic E-state index is 12.7. The fourth-order valence-electron chi connectivity index (χ4n) is 2.86. The lowest BCUT2D eigenvalue weighted by Gasteiger charge is -2.13. The van der Waals surface area contributed by atoms with Crippen molar-refractivity contribution >= 4 is 44.8 Å². The molecule has 0 radical (unpaired) electrons. The highest BCUT2D eigenvalue weighted by atomic mass is 32.2. The van der Waals surface area contributed by atoms with Crippen LogP contribution >= 0.6 is 12.2 Å². The lowest BCUT2D eigenvalue weighted by Crippen LogP contribution is -2.34. The van der Waals surface area contributed by atoms with E-state index in [0.29, 0.717) is 23.6 Å². The molecule has 184 valence electrons. The number of ether oxygens (including phenoxy) is 2. The number of methoxy groups -OCH3 is 1. The summed E-state index contributed by atoms with van der Waals surface area (Å²) >= 11 is 5.24. The molecule has 3 rings (SSSR count). The van der Waals surface area contributed by atoms with Gasteiger partial charge in [-0.15, -0.1) is 0 Å². The van der Waals surface area contributed by atoms with Crippen LogP contribution in [0.25, 0.3) is 0 Å². The van der Waals surface area contributed by atoms with Crippen LogP contribution in [0, 0.1) is 0 Å². The van der Waals surface area contributed by atoms with Crippen LogP contribution in [0.3, 0.4) is 0 Å². The maximum atomic E-state index is 12.7. The largest absolute Gasteiger partial charge is 0.493 e. The van der Waals surface area contributed by atoms with Gasteiger partial charge >= 0.3 is 0 Å². The van der Waals surface area contributed by atoms with Crippen LogP contribution in [0.4, 0.5) is 11.5 Å². The number of carbonyl (C=O) groups is 1. The lowest BCUT2D eigenvalue weighted by molar-refractivity contribution is 0.0973. The number of carbonyl (C=O) groups excluding carboxylic acids is 1. The molecule has 1 aromatic heterocycles. The van der Waals surface area contributed by atoms with E-state index in [1.165, 1.54) is 43.8 Å². The summed E-state index contributed by atoms with van der Waals surface area (Å²) in [7, 11) is -2.48. The molecule has 2 aromatic carbocycles. The second kappa shape index (κ2) is 12.1. The van der Waals surface area contributed by atoms with Gasteiger partial charge in [-0.25, -0.2) is 18.4 Å². The Bertz CT molecular complexity index is 1280. The highest BCUT2D eigenvalue weighted by Gasteiger charge is 2.17. The van der Waals surface area contributed by atoms with E-state index in [2.05, 4.69) is 32.2 Å². The number of benzene rings is 2. The lowest BCUT2D eigenvalue weighted by atomic mass is 10.2. The Labute approximate surface area is 209 Å². The summed E-state index contributed by atoms with van der Waals surface area (Å²) in [5.74, 6) is 0.354. The van der Waals surface area contributed by atoms with E-state index in [4.69, 9.17) is 21.7 Å². The van der Waals surface area contributed by atoms with Crippen LogP contribution in [0.5, 0.6) is 11.6 Å². The predicted octanol–water partition coefficient (Wildman–Crippen LogP) is 3.59. The number of rotatable bonds is 10. The van der Waals surface area contributed by atoms with E-state index in [1.54, 1.807) is 24.3 Å². The molecule has 0 atom stereocenters. The maximum Gasteiger partial charge on any atom is 0.263 e. The SMILES string of the molecule is CCCCOc1ccccc1C(=O)NC(=S)Nc1ccc(S(=O)(=O)Nc2cc(OC)ncn2)cc1. The van der Waals surface area contributed by atoms with Gasteiger partial charge in [0, 0.05) is 11.8 Å². The Morgan fingerprint density at radius 2 is 1.83 bits per heavy atom. The molecule has 12 heteroatoms. The molecule has 3 aromatic rings. The molecule has 0 saturated heterocycles. The molecule has 0 bridgehead atoms. The van der Waals surface area contributed by atoms with Crippen molar-refractivity contribution in [2.75, 3.05) is 23.8 Å². The number of hydrogen-bond acceptors (Lipinski definition) is 8. The van der Waals surface area contributed by atoms with Gasteiger partial charge in [0.05, 0.1) is 24.2 Å². The molecule has 0 saturated carbocycles. The zero-order chi connectivity index (χ0) is 25.3. The van der Waals surface area contributed by atoms with Crippen molar-refractivity contribution < 1.29 is 22.7 Å². The summed E-state index contributed by atoms with van der Waals surface area (Å²) in [6.07, 6.45) is 3.05. The Hall–Kier alpha value is -3.77. The van der Waals surface area contributed by atoms with Crippen molar-refractivity contribution in [1.29, 1.82) is 0 Å². The molecule has 0 aliphatic heterocycles. The summed E-state index contributed by atoms with van der Waals surface area (Å²) < 4.78 is 38.3. The van der Waals surface area contributed by atoms with E-state index >= 15 is 0 Å². The van der Waals surface area contributed by atoms with E-state index < -0.39 is 15.9 Å². The average Bonchev–Trinajstić information content (AvgIpc) is 2.84. The standard InChI is InChI=1S/C23H25N5O5S2/c1-3-4-13-33-19-8-6-5-7-18(19)22(29)27-23(34)26-16-9-11-17(12-10-16)35(30,31)28-20-14-21(32-2)25-15-24-20/h5-12,14-15H,3-4,13H2,1-2H3,(H,24,25,28)(H2,26,27,29,34). The fourth-order valence-corrected chi connectivity index (χ4v) is 4.07. The van der Waals surface area contributed by atoms with Gasteiger partial charge in [-0.1, -0.05) is 25.5 Å². The highest BCUT2D eigenvalue weighted by molar-refractivity contribution is 7.92. The summed E-state index contributed by atoms with van der Waals surface area (Å²) in [6, 6.07) is 14.1. The van der Waals surface area contributed by atoms with Gasteiger partial charge in [-0.2, -0.15) is 0 Å². The number of nitrogens with one attached hydrogen (secondary N) is 3. The first-order valence-corrected chi connectivity index (χ1v) is 12.5. The van der Waals surface area contributed by atoms with E-state index in [0.717, 1.165) is 12.8 Å². The summed E-state index contributed by atoms with van der Waals surface area (Å²) in [4.78, 5) is 20.4. The molecule has 0 unspecified atom stereocenters. The molecule has 0 aliphatic carbocycles. The summed E-state index contributed by atoms with van der Waals surface area (Å²) in [5, 5.41) is 5.53. The molecular formula is C23H25N5O5S2. The van der Waals surface area contributed by atoms with Gasteiger partial charge in [0.15, 0.2) is 5.11 Å². The zero-order valence-corrected chi connectivity index (χ0v) is 20.8. The highest BCUT2D eigenvalue weighted by Crippen LogP contribution is 2.20. The third-order valence-electron chi connectivity index (χ3n) is 4.63. The van der Waals surface area contributed by atoms with Crippen LogP contribution in [-0.2, 0) is 10.0 Å². The number of anilines is 2.